The van der Waals surface area contributed by atoms with Crippen LogP contribution >= 0.6 is 0 Å². The van der Waals surface area contributed by atoms with Gasteiger partial charge in [-0.05, 0) is 119 Å². The summed E-state index contributed by atoms with van der Waals surface area (Å²) >= 11 is 0. The number of nitrogens with zero attached hydrogens (tertiary/aromatic N) is 3. The van der Waals surface area contributed by atoms with Gasteiger partial charge in [0.2, 0.25) is 5.91 Å². The number of ether oxygens (including phenoxy) is 1. The first-order chi connectivity index (χ1) is 24.9. The molecule has 13 heteroatoms. The summed E-state index contributed by atoms with van der Waals surface area (Å²) < 4.78 is 5.37. The van der Waals surface area contributed by atoms with Crippen LogP contribution in [0.5, 0.6) is 0 Å². The number of benzene rings is 2. The molecule has 52 heavy (non-hydrogen) atoms. The molecule has 2 aromatic carbocycles. The van der Waals surface area contributed by atoms with Crippen molar-refractivity contribution in [2.45, 2.75) is 70.7 Å². The van der Waals surface area contributed by atoms with Crippen molar-refractivity contribution in [2.24, 2.45) is 11.8 Å². The number of piperazine rings is 1. The van der Waals surface area contributed by atoms with Gasteiger partial charge in [0, 0.05) is 44.6 Å². The van der Waals surface area contributed by atoms with Gasteiger partial charge in [0.1, 0.15) is 17.6 Å². The minimum absolute atomic E-state index is 0.0505. The van der Waals surface area contributed by atoms with Gasteiger partial charge in [-0.25, -0.2) is 14.6 Å². The van der Waals surface area contributed by atoms with E-state index in [2.05, 4.69) is 65.9 Å². The van der Waals surface area contributed by atoms with Crippen LogP contribution in [0.15, 0.2) is 65.6 Å². The van der Waals surface area contributed by atoms with Crippen LogP contribution in [0.1, 0.15) is 52.0 Å². The normalized spacial score (nSPS) is 19.6. The summed E-state index contributed by atoms with van der Waals surface area (Å²) in [6.45, 7) is 9.88. The number of aliphatic hydroxyl groups is 1. The summed E-state index contributed by atoms with van der Waals surface area (Å²) in [6, 6.07) is 16.7. The fourth-order valence-electron chi connectivity index (χ4n) is 7.08. The zero-order valence-electron chi connectivity index (χ0n) is 30.6. The second-order valence-corrected chi connectivity index (χ2v) is 15.3. The maximum atomic E-state index is 13.9. The number of pyridine rings is 1. The molecule has 2 aliphatic rings. The molecule has 1 aliphatic carbocycles. The molecule has 1 aliphatic heterocycles. The van der Waals surface area contributed by atoms with Crippen LogP contribution in [0, 0.1) is 11.8 Å². The molecule has 278 valence electrons. The number of carbonyl (C=O) groups excluding carboxylic acids is 2. The van der Waals surface area contributed by atoms with Crippen LogP contribution in [0.3, 0.4) is 0 Å². The molecule has 1 saturated heterocycles. The first-order valence-electron chi connectivity index (χ1n) is 18.3. The molecular formula is C39H52N8O5. The molecule has 6 N–H and O–H groups in total. The second-order valence-electron chi connectivity index (χ2n) is 15.3. The standard InChI is InChI=1S/C39H52N8O5/c1-39(2,3)52-38(51)41-24-25-8-10-27(11-9-25)35(48)43-33(36(49)42-30-12-13-31-32(23-30)45-37(50)44-31)21-26-6-5-7-28(20-26)29-14-15-40-34(22-29)47-18-16-46(4)17-19-47/h5-7,12-15,20,22-23,25,27,33,35,43,48H,8-11,16-19,21,24H2,1-4H3,(H,41,51)(H,42,49)(H2,44,45,50)/t25?,27?,33-,35+/m0/s1. The smallest absolute Gasteiger partial charge is 0.407 e. The lowest BCUT2D eigenvalue weighted by molar-refractivity contribution is -0.119. The van der Waals surface area contributed by atoms with E-state index >= 15 is 0 Å². The fraction of sp³-hybridized carbons (Fsp3) is 0.487. The number of hydrogen-bond donors (Lipinski definition) is 6. The predicted molar refractivity (Wildman–Crippen MR) is 203 cm³/mol. The van der Waals surface area contributed by atoms with E-state index in [4.69, 9.17) is 4.74 Å². The van der Waals surface area contributed by atoms with Crippen LogP contribution in [0.4, 0.5) is 16.3 Å². The molecule has 0 radical (unpaired) electrons. The number of carbonyl (C=O) groups is 2. The molecule has 2 aromatic heterocycles. The Labute approximate surface area is 304 Å². The maximum Gasteiger partial charge on any atom is 0.407 e. The highest BCUT2D eigenvalue weighted by Gasteiger charge is 2.31. The number of hydrogen-bond acceptors (Lipinski definition) is 9. The van der Waals surface area contributed by atoms with E-state index in [-0.39, 0.29) is 23.4 Å². The summed E-state index contributed by atoms with van der Waals surface area (Å²) in [4.78, 5) is 52.6. The maximum absolute atomic E-state index is 13.9. The Morgan fingerprint density at radius 1 is 0.962 bits per heavy atom. The lowest BCUT2D eigenvalue weighted by Crippen LogP contribution is -2.50. The molecular weight excluding hydrogens is 660 g/mol. The van der Waals surface area contributed by atoms with Crippen molar-refractivity contribution < 1.29 is 19.4 Å². The summed E-state index contributed by atoms with van der Waals surface area (Å²) in [5.74, 6) is 0.898. The topological polar surface area (TPSA) is 168 Å². The van der Waals surface area contributed by atoms with E-state index < -0.39 is 24.0 Å². The van der Waals surface area contributed by atoms with Crippen molar-refractivity contribution in [3.05, 3.63) is 76.8 Å². The second kappa shape index (κ2) is 16.3. The highest BCUT2D eigenvalue weighted by atomic mass is 16.6. The van der Waals surface area contributed by atoms with Crippen LogP contribution in [-0.4, -0.2) is 94.6 Å². The molecule has 2 amide bonds. The van der Waals surface area contributed by atoms with Crippen molar-refractivity contribution in [3.8, 4) is 11.1 Å². The van der Waals surface area contributed by atoms with Gasteiger partial charge in [-0.1, -0.05) is 24.3 Å². The monoisotopic (exact) mass is 712 g/mol. The van der Waals surface area contributed by atoms with E-state index in [9.17, 15) is 19.5 Å². The Bertz CT molecular complexity index is 1890. The third-order valence-electron chi connectivity index (χ3n) is 10.0. The molecule has 3 heterocycles. The molecule has 2 fully saturated rings. The number of amides is 2. The average molecular weight is 713 g/mol. The first-order valence-corrected chi connectivity index (χ1v) is 18.3. The third-order valence-corrected chi connectivity index (χ3v) is 10.0. The van der Waals surface area contributed by atoms with E-state index in [1.54, 1.807) is 18.2 Å². The van der Waals surface area contributed by atoms with E-state index in [0.717, 1.165) is 74.4 Å². The number of rotatable bonds is 11. The van der Waals surface area contributed by atoms with Crippen LogP contribution in [0.2, 0.25) is 0 Å². The number of nitrogens with one attached hydrogen (secondary N) is 5. The zero-order chi connectivity index (χ0) is 36.8. The average Bonchev–Trinajstić information content (AvgIpc) is 3.49. The van der Waals surface area contributed by atoms with Gasteiger partial charge in [-0.3, -0.25) is 10.1 Å². The number of aromatic nitrogens is 3. The first kappa shape index (κ1) is 37.1. The predicted octanol–water partition coefficient (Wildman–Crippen LogP) is 4.46. The van der Waals surface area contributed by atoms with Crippen molar-refractivity contribution in [1.29, 1.82) is 0 Å². The van der Waals surface area contributed by atoms with Crippen LogP contribution in [-0.2, 0) is 16.0 Å². The van der Waals surface area contributed by atoms with Gasteiger partial charge in [0.15, 0.2) is 0 Å². The Morgan fingerprint density at radius 3 is 2.44 bits per heavy atom. The van der Waals surface area contributed by atoms with Crippen LogP contribution < -0.4 is 26.5 Å². The number of aliphatic hydroxyl groups excluding tert-OH is 1. The summed E-state index contributed by atoms with van der Waals surface area (Å²) in [6.07, 6.45) is 4.06. The SMILES string of the molecule is CN1CCN(c2cc(-c3cccc(C[C@H](N[C@H](O)C4CCC(CNC(=O)OC(C)(C)C)CC4)C(=O)Nc4ccc5[nH]c(=O)[nH]c5c4)c3)ccn2)CC1. The van der Waals surface area contributed by atoms with Gasteiger partial charge < -0.3 is 40.2 Å². The number of alkyl carbamates (subject to hydrolysis) is 1. The zero-order valence-corrected chi connectivity index (χ0v) is 30.6. The summed E-state index contributed by atoms with van der Waals surface area (Å²) in [5, 5.41) is 20.6. The number of H-pyrrole nitrogens is 2. The molecule has 6 rings (SSSR count). The molecule has 0 spiro atoms. The summed E-state index contributed by atoms with van der Waals surface area (Å²) in [5.41, 5.74) is 3.91. The third kappa shape index (κ3) is 9.99. The summed E-state index contributed by atoms with van der Waals surface area (Å²) in [7, 11) is 2.13. The van der Waals surface area contributed by atoms with Gasteiger partial charge in [0.05, 0.1) is 17.1 Å². The van der Waals surface area contributed by atoms with Crippen molar-refractivity contribution in [3.63, 3.8) is 0 Å². The van der Waals surface area contributed by atoms with E-state index in [0.29, 0.717) is 29.7 Å². The lowest BCUT2D eigenvalue weighted by Gasteiger charge is -2.33. The molecule has 0 unspecified atom stereocenters. The number of fused-ring (bicyclic) bond motifs is 1. The Balaban J connectivity index is 1.14. The van der Waals surface area contributed by atoms with Gasteiger partial charge in [-0.15, -0.1) is 0 Å². The highest BCUT2D eigenvalue weighted by Crippen LogP contribution is 2.31. The Hall–Kier alpha value is -4.72. The van der Waals surface area contributed by atoms with E-state index in [1.807, 2.05) is 45.2 Å². The number of likely N-dealkylation sites (N-methyl/N-ethyl adjacent to an activating group) is 1. The fourth-order valence-corrected chi connectivity index (χ4v) is 7.08. The minimum atomic E-state index is -0.909. The lowest BCUT2D eigenvalue weighted by atomic mass is 9.81. The number of aromatic amines is 2. The van der Waals surface area contributed by atoms with Crippen LogP contribution in [0.25, 0.3) is 22.2 Å². The Morgan fingerprint density at radius 2 is 1.69 bits per heavy atom. The number of anilines is 2. The molecule has 13 nitrogen and oxygen atoms in total. The molecule has 0 bridgehead atoms. The number of imidazole rings is 1. The highest BCUT2D eigenvalue weighted by molar-refractivity contribution is 5.96. The van der Waals surface area contributed by atoms with E-state index in [1.165, 1.54) is 0 Å². The van der Waals surface area contributed by atoms with Crippen molar-refractivity contribution in [1.82, 2.24) is 30.5 Å². The quantitative estimate of drug-likeness (QED) is 0.123. The molecule has 1 saturated carbocycles. The van der Waals surface area contributed by atoms with Crippen molar-refractivity contribution >= 4 is 34.5 Å². The molecule has 4 aromatic rings. The van der Waals surface area contributed by atoms with Gasteiger partial charge in [0.25, 0.3) is 0 Å². The Kier molecular flexibility index (Phi) is 11.6. The van der Waals surface area contributed by atoms with Gasteiger partial charge in [-0.2, -0.15) is 0 Å². The minimum Gasteiger partial charge on any atom is -0.444 e. The van der Waals surface area contributed by atoms with Crippen molar-refractivity contribution in [2.75, 3.05) is 50.0 Å². The largest absolute Gasteiger partial charge is 0.444 e. The van der Waals surface area contributed by atoms with Gasteiger partial charge >= 0.3 is 11.8 Å². The molecule has 2 atom stereocenters.